The van der Waals surface area contributed by atoms with Gasteiger partial charge in [-0.2, -0.15) is 0 Å². The van der Waals surface area contributed by atoms with Gasteiger partial charge in [-0.1, -0.05) is 24.3 Å². The molecular formula is C25H26N2O2S. The zero-order valence-corrected chi connectivity index (χ0v) is 18.0. The van der Waals surface area contributed by atoms with Gasteiger partial charge in [0.1, 0.15) is 5.75 Å². The molecule has 2 heterocycles. The van der Waals surface area contributed by atoms with Gasteiger partial charge >= 0.3 is 0 Å². The summed E-state index contributed by atoms with van der Waals surface area (Å²) in [5, 5.41) is 3.28. The second-order valence-electron chi connectivity index (χ2n) is 8.05. The van der Waals surface area contributed by atoms with Crippen LogP contribution in [0.15, 0.2) is 54.6 Å². The smallest absolute Gasteiger partial charge is 0.261 e. The number of nitrogens with one attached hydrogen (secondary N) is 1. The lowest BCUT2D eigenvalue weighted by Gasteiger charge is -2.34. The molecular weight excluding hydrogens is 392 g/mol. The van der Waals surface area contributed by atoms with Crippen molar-refractivity contribution in [2.24, 2.45) is 0 Å². The van der Waals surface area contributed by atoms with Crippen LogP contribution in [0.2, 0.25) is 0 Å². The first-order valence-electron chi connectivity index (χ1n) is 10.6. The van der Waals surface area contributed by atoms with E-state index in [0.29, 0.717) is 0 Å². The van der Waals surface area contributed by atoms with Crippen LogP contribution in [-0.2, 0) is 12.8 Å². The van der Waals surface area contributed by atoms with E-state index in [9.17, 15) is 4.79 Å². The van der Waals surface area contributed by atoms with Gasteiger partial charge in [-0.05, 0) is 72.7 Å². The second kappa shape index (κ2) is 8.15. The van der Waals surface area contributed by atoms with Gasteiger partial charge in [0.15, 0.2) is 0 Å². The summed E-state index contributed by atoms with van der Waals surface area (Å²) >= 11 is 1.64. The molecule has 2 aliphatic rings. The zero-order chi connectivity index (χ0) is 20.5. The first-order chi connectivity index (χ1) is 14.7. The summed E-state index contributed by atoms with van der Waals surface area (Å²) < 4.78 is 5.24. The van der Waals surface area contributed by atoms with Gasteiger partial charge in [0.2, 0.25) is 0 Å². The summed E-state index contributed by atoms with van der Waals surface area (Å²) in [6, 6.07) is 19.1. The molecule has 1 aromatic heterocycles. The van der Waals surface area contributed by atoms with Crippen molar-refractivity contribution in [3.63, 3.8) is 0 Å². The highest BCUT2D eigenvalue weighted by Crippen LogP contribution is 2.39. The van der Waals surface area contributed by atoms with Crippen molar-refractivity contribution in [1.29, 1.82) is 0 Å². The molecule has 1 aliphatic carbocycles. The van der Waals surface area contributed by atoms with Gasteiger partial charge in [-0.15, -0.1) is 11.3 Å². The highest BCUT2D eigenvalue weighted by Gasteiger charge is 2.25. The third-order valence-electron chi connectivity index (χ3n) is 6.23. The number of methoxy groups -OCH3 is 1. The number of carbonyl (C=O) groups excluding carboxylic acids is 1. The van der Waals surface area contributed by atoms with E-state index in [0.717, 1.165) is 49.4 Å². The Morgan fingerprint density at radius 1 is 1.03 bits per heavy atom. The molecule has 0 unspecified atom stereocenters. The van der Waals surface area contributed by atoms with Crippen molar-refractivity contribution in [3.05, 3.63) is 70.6 Å². The lowest BCUT2D eigenvalue weighted by Crippen LogP contribution is -2.44. The van der Waals surface area contributed by atoms with Gasteiger partial charge in [0.25, 0.3) is 5.91 Å². The number of rotatable bonds is 4. The van der Waals surface area contributed by atoms with Crippen LogP contribution in [0.4, 0.5) is 5.69 Å². The molecule has 0 saturated carbocycles. The van der Waals surface area contributed by atoms with Gasteiger partial charge in [-0.3, -0.25) is 4.79 Å². The van der Waals surface area contributed by atoms with Crippen LogP contribution in [0.25, 0.3) is 10.4 Å². The lowest BCUT2D eigenvalue weighted by molar-refractivity contribution is 0.0935. The van der Waals surface area contributed by atoms with E-state index >= 15 is 0 Å². The largest absolute Gasteiger partial charge is 0.497 e. The Morgan fingerprint density at radius 2 is 1.77 bits per heavy atom. The number of carbonyl (C=O) groups is 1. The Morgan fingerprint density at radius 3 is 2.53 bits per heavy atom. The summed E-state index contributed by atoms with van der Waals surface area (Å²) in [5.41, 5.74) is 5.23. The van der Waals surface area contributed by atoms with E-state index in [1.807, 2.05) is 12.1 Å². The normalized spacial score (nSPS) is 16.0. The summed E-state index contributed by atoms with van der Waals surface area (Å²) in [5.74, 6) is 0.956. The van der Waals surface area contributed by atoms with Crippen LogP contribution in [0.3, 0.4) is 0 Å². The molecule has 5 heteroatoms. The number of amides is 1. The summed E-state index contributed by atoms with van der Waals surface area (Å²) in [6.45, 7) is 1.90. The SMILES string of the molecule is COc1ccc(N2CCC(NC(=O)c3cc4c(s3)-c3ccccc3CC4)CC2)cc1. The Kier molecular flexibility index (Phi) is 5.21. The lowest BCUT2D eigenvalue weighted by atomic mass is 9.91. The zero-order valence-electron chi connectivity index (χ0n) is 17.2. The first kappa shape index (κ1) is 19.2. The quantitative estimate of drug-likeness (QED) is 0.654. The Bertz CT molecular complexity index is 1050. The number of benzene rings is 2. The number of ether oxygens (including phenoxy) is 1. The highest BCUT2D eigenvalue weighted by molar-refractivity contribution is 7.17. The van der Waals surface area contributed by atoms with Crippen LogP contribution in [0.5, 0.6) is 5.75 Å². The van der Waals surface area contributed by atoms with Gasteiger partial charge in [0, 0.05) is 29.7 Å². The number of aryl methyl sites for hydroxylation is 2. The monoisotopic (exact) mass is 418 g/mol. The van der Waals surface area contributed by atoms with Crippen molar-refractivity contribution < 1.29 is 9.53 Å². The molecule has 5 rings (SSSR count). The predicted octanol–water partition coefficient (Wildman–Crippen LogP) is 4.92. The molecule has 0 radical (unpaired) electrons. The van der Waals surface area contributed by atoms with E-state index < -0.39 is 0 Å². The number of hydrogen-bond acceptors (Lipinski definition) is 4. The fourth-order valence-electron chi connectivity index (χ4n) is 4.52. The first-order valence-corrected chi connectivity index (χ1v) is 11.4. The molecule has 3 aromatic rings. The molecule has 1 N–H and O–H groups in total. The second-order valence-corrected chi connectivity index (χ2v) is 9.11. The molecule has 1 saturated heterocycles. The number of thiophene rings is 1. The maximum Gasteiger partial charge on any atom is 0.261 e. The van der Waals surface area contributed by atoms with E-state index in [-0.39, 0.29) is 11.9 Å². The van der Waals surface area contributed by atoms with Crippen molar-refractivity contribution in [2.75, 3.05) is 25.1 Å². The van der Waals surface area contributed by atoms with Gasteiger partial charge in [-0.25, -0.2) is 0 Å². The van der Waals surface area contributed by atoms with E-state index in [4.69, 9.17) is 4.74 Å². The fraction of sp³-hybridized carbons (Fsp3) is 0.320. The van der Waals surface area contributed by atoms with E-state index in [1.165, 1.54) is 27.3 Å². The van der Waals surface area contributed by atoms with Gasteiger partial charge in [0.05, 0.1) is 12.0 Å². The van der Waals surface area contributed by atoms with Gasteiger partial charge < -0.3 is 15.0 Å². The summed E-state index contributed by atoms with van der Waals surface area (Å²) in [7, 11) is 1.69. The van der Waals surface area contributed by atoms with Crippen LogP contribution in [0, 0.1) is 0 Å². The molecule has 0 bridgehead atoms. The van der Waals surface area contributed by atoms with Crippen LogP contribution >= 0.6 is 11.3 Å². The number of nitrogens with zero attached hydrogens (tertiary/aromatic N) is 1. The minimum absolute atomic E-state index is 0.0785. The molecule has 154 valence electrons. The third kappa shape index (κ3) is 3.70. The van der Waals surface area contributed by atoms with Crippen molar-refractivity contribution in [1.82, 2.24) is 5.32 Å². The fourth-order valence-corrected chi connectivity index (χ4v) is 5.69. The average Bonchev–Trinajstić information content (AvgIpc) is 3.25. The number of fused-ring (bicyclic) bond motifs is 3. The maximum atomic E-state index is 12.9. The molecule has 1 amide bonds. The number of piperidine rings is 1. The molecule has 30 heavy (non-hydrogen) atoms. The molecule has 0 spiro atoms. The highest BCUT2D eigenvalue weighted by atomic mass is 32.1. The Labute approximate surface area is 181 Å². The standard InChI is InChI=1S/C25H26N2O2S/c1-29-21-10-8-20(9-11-21)27-14-12-19(13-15-27)26-25(28)23-16-18-7-6-17-4-2-3-5-22(17)24(18)30-23/h2-5,8-11,16,19H,6-7,12-15H2,1H3,(H,26,28). The van der Waals surface area contributed by atoms with E-state index in [1.54, 1.807) is 18.4 Å². The van der Waals surface area contributed by atoms with Crippen molar-refractivity contribution in [2.45, 2.75) is 31.7 Å². The van der Waals surface area contributed by atoms with Crippen LogP contribution < -0.4 is 15.0 Å². The third-order valence-corrected chi connectivity index (χ3v) is 7.44. The number of anilines is 1. The summed E-state index contributed by atoms with van der Waals surface area (Å²) in [4.78, 5) is 17.4. The molecule has 1 aliphatic heterocycles. The van der Waals surface area contributed by atoms with E-state index in [2.05, 4.69) is 52.7 Å². The van der Waals surface area contributed by atoms with Crippen molar-refractivity contribution in [3.8, 4) is 16.2 Å². The molecule has 4 nitrogen and oxygen atoms in total. The molecule has 2 aromatic carbocycles. The molecule has 0 atom stereocenters. The topological polar surface area (TPSA) is 41.6 Å². The van der Waals surface area contributed by atoms with Crippen molar-refractivity contribution >= 4 is 22.9 Å². The number of hydrogen-bond donors (Lipinski definition) is 1. The minimum Gasteiger partial charge on any atom is -0.497 e. The molecule has 1 fully saturated rings. The predicted molar refractivity (Wildman–Crippen MR) is 123 cm³/mol. The summed E-state index contributed by atoms with van der Waals surface area (Å²) in [6.07, 6.45) is 4.01. The van der Waals surface area contributed by atoms with Crippen LogP contribution in [-0.4, -0.2) is 32.1 Å². The van der Waals surface area contributed by atoms with Crippen LogP contribution in [0.1, 0.15) is 33.6 Å². The Hall–Kier alpha value is -2.79. The minimum atomic E-state index is 0.0785. The average molecular weight is 419 g/mol. The Balaban J connectivity index is 1.22. The maximum absolute atomic E-state index is 12.9.